The van der Waals surface area contributed by atoms with Crippen LogP contribution in [0.5, 0.6) is 0 Å². The standard InChI is InChI=1S/C28H30N8O4/c1-28(2,3)14-21-29-25-23(26(38)34(4)27(39)36(25)16-22(37)40-5)35(21)15-17-10-12-18(13-11-17)19-8-6-7-9-20(19)24-30-32-33-31-24/h6-13H,14-16H2,1-5H3,(H,30,31,32,33). The Morgan fingerprint density at radius 3 is 2.33 bits per heavy atom. The van der Waals surface area contributed by atoms with Crippen molar-refractivity contribution in [1.29, 1.82) is 0 Å². The molecule has 0 unspecified atom stereocenters. The minimum atomic E-state index is -0.625. The van der Waals surface area contributed by atoms with Gasteiger partial charge in [-0.3, -0.25) is 18.7 Å². The summed E-state index contributed by atoms with van der Waals surface area (Å²) < 4.78 is 8.83. The first-order valence-electron chi connectivity index (χ1n) is 12.8. The highest BCUT2D eigenvalue weighted by Gasteiger charge is 2.24. The van der Waals surface area contributed by atoms with Crippen molar-refractivity contribution in [3.63, 3.8) is 0 Å². The van der Waals surface area contributed by atoms with E-state index in [9.17, 15) is 14.4 Å². The van der Waals surface area contributed by atoms with Crippen LogP contribution < -0.4 is 11.2 Å². The number of nitrogens with one attached hydrogen (secondary N) is 1. The molecule has 0 aliphatic carbocycles. The average molecular weight is 543 g/mol. The fourth-order valence-corrected chi connectivity index (χ4v) is 4.70. The summed E-state index contributed by atoms with van der Waals surface area (Å²) in [7, 11) is 2.65. The first-order valence-corrected chi connectivity index (χ1v) is 12.8. The number of tetrazole rings is 1. The third-order valence-corrected chi connectivity index (χ3v) is 6.65. The first kappa shape index (κ1) is 26.7. The zero-order chi connectivity index (χ0) is 28.6. The molecule has 3 heterocycles. The zero-order valence-corrected chi connectivity index (χ0v) is 23.0. The maximum atomic E-state index is 13.4. The van der Waals surface area contributed by atoms with Gasteiger partial charge in [-0.15, -0.1) is 5.10 Å². The van der Waals surface area contributed by atoms with E-state index in [1.54, 1.807) is 0 Å². The van der Waals surface area contributed by atoms with Crippen LogP contribution in [0.15, 0.2) is 58.1 Å². The lowest BCUT2D eigenvalue weighted by molar-refractivity contribution is -0.141. The third kappa shape index (κ3) is 5.07. The molecule has 0 aliphatic rings. The first-order chi connectivity index (χ1) is 19.1. The van der Waals surface area contributed by atoms with Gasteiger partial charge in [0, 0.05) is 25.6 Å². The number of rotatable bonds is 7. The molecule has 0 saturated heterocycles. The molecule has 0 amide bonds. The summed E-state index contributed by atoms with van der Waals surface area (Å²) in [5.74, 6) is 0.618. The maximum Gasteiger partial charge on any atom is 0.333 e. The Kier molecular flexibility index (Phi) is 6.92. The van der Waals surface area contributed by atoms with Gasteiger partial charge < -0.3 is 9.30 Å². The summed E-state index contributed by atoms with van der Waals surface area (Å²) in [4.78, 5) is 43.2. The number of methoxy groups -OCH3 is 1. The van der Waals surface area contributed by atoms with Crippen molar-refractivity contribution in [2.45, 2.75) is 40.3 Å². The number of hydrogen-bond donors (Lipinski definition) is 1. The van der Waals surface area contributed by atoms with Gasteiger partial charge in [-0.05, 0) is 32.5 Å². The Morgan fingerprint density at radius 2 is 1.70 bits per heavy atom. The number of benzene rings is 2. The van der Waals surface area contributed by atoms with E-state index < -0.39 is 17.2 Å². The van der Waals surface area contributed by atoms with Crippen LogP contribution in [0.1, 0.15) is 32.2 Å². The third-order valence-electron chi connectivity index (χ3n) is 6.65. The molecular formula is C28H30N8O4. The molecule has 12 nitrogen and oxygen atoms in total. The molecule has 0 bridgehead atoms. The molecule has 12 heteroatoms. The van der Waals surface area contributed by atoms with Gasteiger partial charge >= 0.3 is 11.7 Å². The van der Waals surface area contributed by atoms with Crippen LogP contribution >= 0.6 is 0 Å². The normalized spacial score (nSPS) is 11.7. The Morgan fingerprint density at radius 1 is 1.00 bits per heavy atom. The van der Waals surface area contributed by atoms with E-state index in [-0.39, 0.29) is 23.1 Å². The molecule has 3 aromatic heterocycles. The number of fused-ring (bicyclic) bond motifs is 1. The summed E-state index contributed by atoms with van der Waals surface area (Å²) in [6.07, 6.45) is 0.550. The highest BCUT2D eigenvalue weighted by atomic mass is 16.5. The van der Waals surface area contributed by atoms with Gasteiger partial charge in [0.1, 0.15) is 12.4 Å². The summed E-state index contributed by atoms with van der Waals surface area (Å²) >= 11 is 0. The number of ether oxygens (including phenoxy) is 1. The average Bonchev–Trinajstić information content (AvgIpc) is 3.58. The second-order valence-corrected chi connectivity index (χ2v) is 10.8. The van der Waals surface area contributed by atoms with Crippen LogP contribution in [-0.4, -0.2) is 52.4 Å². The van der Waals surface area contributed by atoms with Gasteiger partial charge in [-0.25, -0.2) is 14.9 Å². The number of carbonyl (C=O) groups excluding carboxylic acids is 1. The van der Waals surface area contributed by atoms with Crippen molar-refractivity contribution < 1.29 is 9.53 Å². The Hall–Kier alpha value is -4.87. The topological polar surface area (TPSA) is 143 Å². The van der Waals surface area contributed by atoms with Crippen molar-refractivity contribution in [2.24, 2.45) is 12.5 Å². The molecule has 0 aliphatic heterocycles. The number of esters is 1. The van der Waals surface area contributed by atoms with Gasteiger partial charge in [0.15, 0.2) is 17.0 Å². The van der Waals surface area contributed by atoms with E-state index in [1.165, 1.54) is 18.7 Å². The number of aromatic nitrogens is 8. The summed E-state index contributed by atoms with van der Waals surface area (Å²) in [5.41, 5.74) is 2.94. The Labute approximate surface area is 229 Å². The largest absolute Gasteiger partial charge is 0.468 e. The van der Waals surface area contributed by atoms with Crippen LogP contribution in [-0.2, 0) is 36.1 Å². The molecule has 206 valence electrons. The molecule has 5 aromatic rings. The van der Waals surface area contributed by atoms with Crippen molar-refractivity contribution >= 4 is 17.1 Å². The van der Waals surface area contributed by atoms with Crippen LogP contribution in [0.4, 0.5) is 0 Å². The van der Waals surface area contributed by atoms with Crippen molar-refractivity contribution in [2.75, 3.05) is 7.11 Å². The fraction of sp³-hybridized carbons (Fsp3) is 0.321. The van der Waals surface area contributed by atoms with E-state index >= 15 is 0 Å². The SMILES string of the molecule is COC(=O)Cn1c(=O)n(C)c(=O)c2c1nc(CC(C)(C)C)n2Cc1ccc(-c2ccccc2-c2nnn[nH]2)cc1. The number of imidazole rings is 1. The minimum Gasteiger partial charge on any atom is -0.468 e. The molecule has 2 aromatic carbocycles. The van der Waals surface area contributed by atoms with Crippen molar-refractivity contribution in [3.8, 4) is 22.5 Å². The number of H-pyrrole nitrogens is 1. The number of hydrogen-bond acceptors (Lipinski definition) is 8. The molecule has 0 radical (unpaired) electrons. The lowest BCUT2D eigenvalue weighted by Gasteiger charge is -2.19. The van der Waals surface area contributed by atoms with Crippen molar-refractivity contribution in [1.82, 2.24) is 39.3 Å². The van der Waals surface area contributed by atoms with Gasteiger partial charge in [-0.2, -0.15) is 0 Å². The van der Waals surface area contributed by atoms with Crippen LogP contribution in [0, 0.1) is 5.41 Å². The summed E-state index contributed by atoms with van der Waals surface area (Å²) in [5, 5.41) is 14.2. The Bertz CT molecular complexity index is 1810. The van der Waals surface area contributed by atoms with E-state index in [2.05, 4.69) is 41.4 Å². The maximum absolute atomic E-state index is 13.4. The molecule has 0 spiro atoms. The predicted molar refractivity (Wildman–Crippen MR) is 149 cm³/mol. The predicted octanol–water partition coefficient (Wildman–Crippen LogP) is 2.55. The van der Waals surface area contributed by atoms with E-state index in [1.807, 2.05) is 53.1 Å². The lowest BCUT2D eigenvalue weighted by atomic mass is 9.92. The van der Waals surface area contributed by atoms with Gasteiger partial charge in [0.05, 0.1) is 7.11 Å². The van der Waals surface area contributed by atoms with Crippen LogP contribution in [0.25, 0.3) is 33.7 Å². The van der Waals surface area contributed by atoms with Gasteiger partial charge in [0.2, 0.25) is 0 Å². The summed E-state index contributed by atoms with van der Waals surface area (Å²) in [6.45, 7) is 6.23. The number of aromatic amines is 1. The Balaban J connectivity index is 1.60. The molecule has 40 heavy (non-hydrogen) atoms. The van der Waals surface area contributed by atoms with E-state index in [4.69, 9.17) is 9.72 Å². The summed E-state index contributed by atoms with van der Waals surface area (Å²) in [6, 6.07) is 15.8. The number of carbonyl (C=O) groups is 1. The second-order valence-electron chi connectivity index (χ2n) is 10.8. The smallest absolute Gasteiger partial charge is 0.333 e. The highest BCUT2D eigenvalue weighted by molar-refractivity contribution is 5.80. The lowest BCUT2D eigenvalue weighted by Crippen LogP contribution is -2.40. The molecule has 0 saturated carbocycles. The van der Waals surface area contributed by atoms with Gasteiger partial charge in [-0.1, -0.05) is 69.3 Å². The molecular weight excluding hydrogens is 512 g/mol. The second kappa shape index (κ2) is 10.4. The highest BCUT2D eigenvalue weighted by Crippen LogP contribution is 2.30. The monoisotopic (exact) mass is 542 g/mol. The van der Waals surface area contributed by atoms with E-state index in [0.717, 1.165) is 26.8 Å². The number of nitrogens with zero attached hydrogens (tertiary/aromatic N) is 7. The van der Waals surface area contributed by atoms with Crippen LogP contribution in [0.3, 0.4) is 0 Å². The zero-order valence-electron chi connectivity index (χ0n) is 23.0. The quantitative estimate of drug-likeness (QED) is 0.309. The van der Waals surface area contributed by atoms with Gasteiger partial charge in [0.25, 0.3) is 5.56 Å². The fourth-order valence-electron chi connectivity index (χ4n) is 4.70. The molecule has 0 atom stereocenters. The van der Waals surface area contributed by atoms with Crippen LogP contribution in [0.2, 0.25) is 0 Å². The molecule has 5 rings (SSSR count). The molecule has 1 N–H and O–H groups in total. The molecule has 0 fully saturated rings. The minimum absolute atomic E-state index is 0.152. The van der Waals surface area contributed by atoms with Crippen molar-refractivity contribution in [3.05, 3.63) is 80.8 Å². The van der Waals surface area contributed by atoms with E-state index in [0.29, 0.717) is 24.6 Å².